The fourth-order valence-electron chi connectivity index (χ4n) is 1.96. The number of hydrogen-bond donors (Lipinski definition) is 0. The average Bonchev–Trinajstić information content (AvgIpc) is 2.61. The first-order valence-corrected chi connectivity index (χ1v) is 4.64. The minimum absolute atomic E-state index is 1.22. The highest BCUT2D eigenvalue weighted by Gasteiger charge is 2.02. The zero-order chi connectivity index (χ0) is 9.54. The third-order valence-electron chi connectivity index (χ3n) is 2.66. The van der Waals surface area contributed by atoms with Gasteiger partial charge in [-0.2, -0.15) is 0 Å². The lowest BCUT2D eigenvalue weighted by Gasteiger charge is -2.01. The Morgan fingerprint density at radius 2 is 1.93 bits per heavy atom. The summed E-state index contributed by atoms with van der Waals surface area (Å²) in [5.74, 6) is 0. The van der Waals surface area contributed by atoms with E-state index in [1.165, 1.54) is 21.7 Å². The van der Waals surface area contributed by atoms with Crippen molar-refractivity contribution in [1.82, 2.24) is 9.55 Å². The number of nitrogens with zero attached hydrogens (tertiary/aromatic N) is 2. The molecule has 2 heterocycles. The molecular formula is C12H10N2. The number of benzene rings is 1. The van der Waals surface area contributed by atoms with Gasteiger partial charge in [0.15, 0.2) is 0 Å². The van der Waals surface area contributed by atoms with Crippen molar-refractivity contribution in [3.05, 3.63) is 42.9 Å². The van der Waals surface area contributed by atoms with Crippen LogP contribution in [0.25, 0.3) is 21.7 Å². The maximum atomic E-state index is 4.17. The van der Waals surface area contributed by atoms with E-state index in [2.05, 4.69) is 41.0 Å². The van der Waals surface area contributed by atoms with Crippen LogP contribution in [-0.2, 0) is 7.05 Å². The third-order valence-corrected chi connectivity index (χ3v) is 2.66. The van der Waals surface area contributed by atoms with Gasteiger partial charge in [0.1, 0.15) is 0 Å². The quantitative estimate of drug-likeness (QED) is 0.522. The molecule has 0 N–H and O–H groups in total. The van der Waals surface area contributed by atoms with E-state index in [0.717, 1.165) is 0 Å². The van der Waals surface area contributed by atoms with Crippen molar-refractivity contribution < 1.29 is 0 Å². The molecule has 0 aliphatic rings. The van der Waals surface area contributed by atoms with E-state index < -0.39 is 0 Å². The molecule has 2 nitrogen and oxygen atoms in total. The van der Waals surface area contributed by atoms with Crippen LogP contribution < -0.4 is 0 Å². The topological polar surface area (TPSA) is 17.8 Å². The fraction of sp³-hybridized carbons (Fsp3) is 0.0833. The molecule has 0 atom stereocenters. The predicted octanol–water partition coefficient (Wildman–Crippen LogP) is 2.73. The van der Waals surface area contributed by atoms with Gasteiger partial charge in [0.25, 0.3) is 0 Å². The molecule has 0 aliphatic carbocycles. The third kappa shape index (κ3) is 0.880. The van der Waals surface area contributed by atoms with Crippen LogP contribution in [0.5, 0.6) is 0 Å². The first-order chi connectivity index (χ1) is 6.86. The first kappa shape index (κ1) is 7.56. The monoisotopic (exact) mass is 182 g/mol. The molecule has 68 valence electrons. The van der Waals surface area contributed by atoms with E-state index in [0.29, 0.717) is 0 Å². The number of aromatic nitrogens is 2. The summed E-state index contributed by atoms with van der Waals surface area (Å²) in [6.45, 7) is 0. The Morgan fingerprint density at radius 3 is 2.86 bits per heavy atom. The maximum Gasteiger partial charge on any atom is 0.0572 e. The molecule has 0 aliphatic heterocycles. The molecule has 3 aromatic rings. The Hall–Kier alpha value is -1.83. The highest BCUT2D eigenvalue weighted by Crippen LogP contribution is 2.24. The molecule has 0 saturated carbocycles. The van der Waals surface area contributed by atoms with E-state index >= 15 is 0 Å². The second-order valence-corrected chi connectivity index (χ2v) is 3.53. The molecule has 2 heteroatoms. The van der Waals surface area contributed by atoms with Crippen molar-refractivity contribution >= 4 is 21.7 Å². The number of aryl methyl sites for hydroxylation is 1. The van der Waals surface area contributed by atoms with Crippen molar-refractivity contribution in [3.63, 3.8) is 0 Å². The SMILES string of the molecule is Cn1ccc2ccc3ccncc3c21. The highest BCUT2D eigenvalue weighted by atomic mass is 14.9. The summed E-state index contributed by atoms with van der Waals surface area (Å²) in [7, 11) is 2.06. The van der Waals surface area contributed by atoms with Crippen LogP contribution in [0.2, 0.25) is 0 Å². The number of hydrogen-bond acceptors (Lipinski definition) is 1. The summed E-state index contributed by atoms with van der Waals surface area (Å²) in [5.41, 5.74) is 1.26. The van der Waals surface area contributed by atoms with Gasteiger partial charge in [-0.1, -0.05) is 12.1 Å². The lowest BCUT2D eigenvalue weighted by Crippen LogP contribution is -1.86. The second kappa shape index (κ2) is 2.58. The van der Waals surface area contributed by atoms with Crippen molar-refractivity contribution in [2.45, 2.75) is 0 Å². The van der Waals surface area contributed by atoms with Gasteiger partial charge in [-0.25, -0.2) is 0 Å². The van der Waals surface area contributed by atoms with Gasteiger partial charge in [-0.15, -0.1) is 0 Å². The summed E-state index contributed by atoms with van der Waals surface area (Å²) < 4.78 is 2.14. The molecular weight excluding hydrogens is 172 g/mol. The highest BCUT2D eigenvalue weighted by molar-refractivity contribution is 6.05. The summed E-state index contributed by atoms with van der Waals surface area (Å²) >= 11 is 0. The Bertz CT molecular complexity index is 608. The summed E-state index contributed by atoms with van der Waals surface area (Å²) in [6, 6.07) is 8.46. The fourth-order valence-corrected chi connectivity index (χ4v) is 1.96. The Balaban J connectivity index is 2.65. The molecule has 3 rings (SSSR count). The van der Waals surface area contributed by atoms with E-state index in [-0.39, 0.29) is 0 Å². The maximum absolute atomic E-state index is 4.17. The van der Waals surface area contributed by atoms with Crippen molar-refractivity contribution in [1.29, 1.82) is 0 Å². The summed E-state index contributed by atoms with van der Waals surface area (Å²) in [5, 5.41) is 3.74. The van der Waals surface area contributed by atoms with Gasteiger partial charge in [-0.3, -0.25) is 4.98 Å². The minimum Gasteiger partial charge on any atom is -0.350 e. The molecule has 0 bridgehead atoms. The van der Waals surface area contributed by atoms with Crippen molar-refractivity contribution in [2.75, 3.05) is 0 Å². The van der Waals surface area contributed by atoms with Crippen LogP contribution in [0.1, 0.15) is 0 Å². The molecule has 2 aromatic heterocycles. The Morgan fingerprint density at radius 1 is 1.07 bits per heavy atom. The van der Waals surface area contributed by atoms with Gasteiger partial charge in [-0.05, 0) is 17.5 Å². The molecule has 14 heavy (non-hydrogen) atoms. The van der Waals surface area contributed by atoms with E-state index in [1.807, 2.05) is 18.5 Å². The standard InChI is InChI=1S/C12H10N2/c1-14-7-5-10-3-2-9-4-6-13-8-11(9)12(10)14/h2-8H,1H3. The van der Waals surface area contributed by atoms with Gasteiger partial charge in [0, 0.05) is 36.4 Å². The molecule has 0 fully saturated rings. The number of fused-ring (bicyclic) bond motifs is 3. The van der Waals surface area contributed by atoms with Crippen LogP contribution >= 0.6 is 0 Å². The van der Waals surface area contributed by atoms with E-state index in [9.17, 15) is 0 Å². The first-order valence-electron chi connectivity index (χ1n) is 4.64. The van der Waals surface area contributed by atoms with Gasteiger partial charge < -0.3 is 4.57 Å². The molecule has 0 unspecified atom stereocenters. The van der Waals surface area contributed by atoms with E-state index in [1.54, 1.807) is 0 Å². The molecule has 0 spiro atoms. The van der Waals surface area contributed by atoms with E-state index in [4.69, 9.17) is 0 Å². The normalized spacial score (nSPS) is 11.2. The van der Waals surface area contributed by atoms with Gasteiger partial charge in [0.05, 0.1) is 5.52 Å². The Kier molecular flexibility index (Phi) is 1.39. The predicted molar refractivity (Wildman–Crippen MR) is 58.2 cm³/mol. The Labute approximate surface area is 81.8 Å². The van der Waals surface area contributed by atoms with Gasteiger partial charge >= 0.3 is 0 Å². The molecule has 0 saturated heterocycles. The average molecular weight is 182 g/mol. The number of rotatable bonds is 0. The lowest BCUT2D eigenvalue weighted by atomic mass is 10.1. The zero-order valence-corrected chi connectivity index (χ0v) is 7.94. The molecule has 0 amide bonds. The lowest BCUT2D eigenvalue weighted by molar-refractivity contribution is 0.973. The number of pyridine rings is 1. The van der Waals surface area contributed by atoms with Crippen LogP contribution in [-0.4, -0.2) is 9.55 Å². The van der Waals surface area contributed by atoms with Crippen LogP contribution in [0.3, 0.4) is 0 Å². The van der Waals surface area contributed by atoms with Crippen LogP contribution in [0, 0.1) is 0 Å². The minimum atomic E-state index is 1.22. The summed E-state index contributed by atoms with van der Waals surface area (Å²) in [4.78, 5) is 4.17. The molecule has 0 radical (unpaired) electrons. The summed E-state index contributed by atoms with van der Waals surface area (Å²) in [6.07, 6.45) is 5.84. The largest absolute Gasteiger partial charge is 0.350 e. The molecule has 1 aromatic carbocycles. The smallest absolute Gasteiger partial charge is 0.0572 e. The van der Waals surface area contributed by atoms with Crippen LogP contribution in [0.15, 0.2) is 42.9 Å². The second-order valence-electron chi connectivity index (χ2n) is 3.53. The zero-order valence-electron chi connectivity index (χ0n) is 7.94. The van der Waals surface area contributed by atoms with Crippen molar-refractivity contribution in [3.8, 4) is 0 Å². The van der Waals surface area contributed by atoms with Gasteiger partial charge in [0.2, 0.25) is 0 Å². The van der Waals surface area contributed by atoms with Crippen LogP contribution in [0.4, 0.5) is 0 Å². The van der Waals surface area contributed by atoms with Crippen molar-refractivity contribution in [2.24, 2.45) is 7.05 Å².